The van der Waals surface area contributed by atoms with Gasteiger partial charge in [0.05, 0.1) is 48.3 Å². The number of hydrogen-bond acceptors (Lipinski definition) is 7. The van der Waals surface area contributed by atoms with Gasteiger partial charge in [0.25, 0.3) is 0 Å². The third-order valence-electron chi connectivity index (χ3n) is 6.91. The average Bonchev–Trinajstić information content (AvgIpc) is 3.41. The van der Waals surface area contributed by atoms with Gasteiger partial charge in [-0.1, -0.05) is 36.4 Å². The van der Waals surface area contributed by atoms with E-state index in [-0.39, 0.29) is 0 Å². The van der Waals surface area contributed by atoms with Crippen molar-refractivity contribution in [3.05, 3.63) is 96.1 Å². The summed E-state index contributed by atoms with van der Waals surface area (Å²) in [6.07, 6.45) is 1.38. The van der Waals surface area contributed by atoms with Gasteiger partial charge in [-0.05, 0) is 35.7 Å². The van der Waals surface area contributed by atoms with Gasteiger partial charge >= 0.3 is 6.18 Å². The Kier molecular flexibility index (Phi) is 8.46. The highest BCUT2D eigenvalue weighted by Gasteiger charge is 2.31. The molecule has 5 aromatic rings. The lowest BCUT2D eigenvalue weighted by atomic mass is 9.89. The van der Waals surface area contributed by atoms with Gasteiger partial charge in [-0.15, -0.1) is 0 Å². The maximum Gasteiger partial charge on any atom is 0.416 e. The maximum atomic E-state index is 13.0. The number of nitrogens with one attached hydrogen (secondary N) is 1. The molecule has 43 heavy (non-hydrogen) atoms. The number of halogens is 3. The minimum absolute atomic E-state index is 0.367. The molecule has 12 heteroatoms. The minimum atomic E-state index is -4.48. The highest BCUT2D eigenvalue weighted by Crippen LogP contribution is 2.36. The van der Waals surface area contributed by atoms with Gasteiger partial charge in [-0.3, -0.25) is 9.48 Å². The van der Waals surface area contributed by atoms with E-state index in [2.05, 4.69) is 20.4 Å². The van der Waals surface area contributed by atoms with Crippen LogP contribution in [0, 0.1) is 0 Å². The summed E-state index contributed by atoms with van der Waals surface area (Å²) in [4.78, 5) is 21.2. The fraction of sp³-hybridized carbons (Fsp3) is 0.226. The van der Waals surface area contributed by atoms with Crippen LogP contribution in [0.5, 0.6) is 11.5 Å². The number of methoxy groups -OCH3 is 1. The van der Waals surface area contributed by atoms with E-state index in [1.54, 1.807) is 48.3 Å². The Morgan fingerprint density at radius 3 is 2.33 bits per heavy atom. The van der Waals surface area contributed by atoms with Crippen LogP contribution in [0.1, 0.15) is 29.0 Å². The van der Waals surface area contributed by atoms with Crippen molar-refractivity contribution in [1.82, 2.24) is 19.7 Å². The van der Waals surface area contributed by atoms with Crippen LogP contribution in [0.3, 0.4) is 0 Å². The largest absolute Gasteiger partial charge is 0.493 e. The smallest absolute Gasteiger partial charge is 0.416 e. The van der Waals surface area contributed by atoms with Crippen LogP contribution < -0.4 is 20.5 Å². The van der Waals surface area contributed by atoms with Gasteiger partial charge < -0.3 is 20.5 Å². The van der Waals surface area contributed by atoms with Crippen molar-refractivity contribution in [2.24, 2.45) is 12.8 Å². The summed E-state index contributed by atoms with van der Waals surface area (Å²) in [6, 6.07) is 15.0. The second-order valence-electron chi connectivity index (χ2n) is 9.85. The van der Waals surface area contributed by atoms with Gasteiger partial charge in [0.1, 0.15) is 6.33 Å². The minimum Gasteiger partial charge on any atom is -0.493 e. The Labute approximate surface area is 245 Å². The number of hydrogen-bond donors (Lipinski definition) is 2. The van der Waals surface area contributed by atoms with E-state index in [4.69, 9.17) is 15.2 Å². The molecule has 222 valence electrons. The molecule has 2 aromatic heterocycles. The number of anilines is 1. The quantitative estimate of drug-likeness (QED) is 0.194. The fourth-order valence-corrected chi connectivity index (χ4v) is 4.78. The van der Waals surface area contributed by atoms with Gasteiger partial charge in [-0.2, -0.15) is 18.3 Å². The molecule has 1 amide bonds. The molecular weight excluding hydrogens is 561 g/mol. The Balaban J connectivity index is 1.34. The molecular formula is C31H29F3N6O3. The SMILES string of the molecule is COc1cc2c(-c3ccc(C(C(N)=O)c4ccc(C(F)(F)F)cc4)cc3)ncnc2cc1OCCCNc1cnn(C)c1. The van der Waals surface area contributed by atoms with Crippen LogP contribution in [-0.2, 0) is 18.0 Å². The Morgan fingerprint density at radius 1 is 1.02 bits per heavy atom. The number of benzene rings is 3. The third kappa shape index (κ3) is 6.69. The molecule has 0 aliphatic carbocycles. The zero-order chi connectivity index (χ0) is 30.6. The first-order chi connectivity index (χ1) is 20.6. The average molecular weight is 591 g/mol. The second-order valence-corrected chi connectivity index (χ2v) is 9.85. The van der Waals surface area contributed by atoms with Crippen LogP contribution in [0.25, 0.3) is 22.2 Å². The number of ether oxygens (including phenoxy) is 2. The topological polar surface area (TPSA) is 117 Å². The summed E-state index contributed by atoms with van der Waals surface area (Å²) >= 11 is 0. The third-order valence-corrected chi connectivity index (χ3v) is 6.91. The monoisotopic (exact) mass is 590 g/mol. The molecule has 2 heterocycles. The molecule has 9 nitrogen and oxygen atoms in total. The number of nitrogens with two attached hydrogens (primary N) is 1. The first-order valence-corrected chi connectivity index (χ1v) is 13.4. The first kappa shape index (κ1) is 29.4. The molecule has 0 saturated carbocycles. The van der Waals surface area contributed by atoms with Crippen molar-refractivity contribution in [2.75, 3.05) is 25.6 Å². The van der Waals surface area contributed by atoms with Gasteiger partial charge in [0, 0.05) is 36.8 Å². The van der Waals surface area contributed by atoms with Crippen LogP contribution in [0.15, 0.2) is 79.4 Å². The van der Waals surface area contributed by atoms with E-state index < -0.39 is 23.6 Å². The van der Waals surface area contributed by atoms with E-state index in [0.29, 0.717) is 47.0 Å². The molecule has 0 spiro atoms. The molecule has 1 atom stereocenters. The number of carbonyl (C=O) groups excluding carboxylic acids is 1. The number of nitrogens with zero attached hydrogens (tertiary/aromatic N) is 4. The molecule has 0 fully saturated rings. The zero-order valence-corrected chi connectivity index (χ0v) is 23.4. The predicted molar refractivity (Wildman–Crippen MR) is 156 cm³/mol. The highest BCUT2D eigenvalue weighted by molar-refractivity contribution is 5.94. The molecule has 0 aliphatic rings. The second kappa shape index (κ2) is 12.4. The number of amides is 1. The highest BCUT2D eigenvalue weighted by atomic mass is 19.4. The molecule has 3 N–H and O–H groups in total. The van der Waals surface area contributed by atoms with Crippen molar-refractivity contribution in [1.29, 1.82) is 0 Å². The summed E-state index contributed by atoms with van der Waals surface area (Å²) in [5, 5.41) is 8.14. The molecule has 1 unspecified atom stereocenters. The zero-order valence-electron chi connectivity index (χ0n) is 23.4. The van der Waals surface area contributed by atoms with E-state index in [1.165, 1.54) is 18.5 Å². The van der Waals surface area contributed by atoms with Crippen LogP contribution in [0.4, 0.5) is 18.9 Å². The maximum absolute atomic E-state index is 13.0. The number of aromatic nitrogens is 4. The number of carbonyl (C=O) groups is 1. The Bertz CT molecular complexity index is 1720. The van der Waals surface area contributed by atoms with E-state index in [9.17, 15) is 18.0 Å². The lowest BCUT2D eigenvalue weighted by Crippen LogP contribution is -2.22. The van der Waals surface area contributed by atoms with Crippen LogP contribution in [0.2, 0.25) is 0 Å². The molecule has 3 aromatic carbocycles. The molecule has 0 saturated heterocycles. The van der Waals surface area contributed by atoms with Crippen LogP contribution >= 0.6 is 0 Å². The molecule has 0 bridgehead atoms. The molecule has 0 radical (unpaired) electrons. The molecule has 5 rings (SSSR count). The fourth-order valence-electron chi connectivity index (χ4n) is 4.78. The van der Waals surface area contributed by atoms with Crippen molar-refractivity contribution >= 4 is 22.5 Å². The lowest BCUT2D eigenvalue weighted by Gasteiger charge is -2.16. The number of alkyl halides is 3. The van der Waals surface area contributed by atoms with Crippen molar-refractivity contribution < 1.29 is 27.4 Å². The van der Waals surface area contributed by atoms with Gasteiger partial charge in [0.2, 0.25) is 5.91 Å². The molecule has 0 aliphatic heterocycles. The Morgan fingerprint density at radius 2 is 1.72 bits per heavy atom. The van der Waals surface area contributed by atoms with Crippen molar-refractivity contribution in [3.8, 4) is 22.8 Å². The lowest BCUT2D eigenvalue weighted by molar-refractivity contribution is -0.137. The van der Waals surface area contributed by atoms with Crippen molar-refractivity contribution in [2.45, 2.75) is 18.5 Å². The van der Waals surface area contributed by atoms with E-state index >= 15 is 0 Å². The standard InChI is InChI=1S/C31H29F3N6O3/c1-40-17-23(16-39-40)36-12-3-13-43-27-15-25-24(14-26(27)42-2)29(38-18-37-25)21-6-4-19(5-7-21)28(30(35)41)20-8-10-22(11-9-20)31(32,33)34/h4-11,14-18,28,36H,3,12-13H2,1-2H3,(H2,35,41). The van der Waals surface area contributed by atoms with E-state index in [0.717, 1.165) is 35.2 Å². The first-order valence-electron chi connectivity index (χ1n) is 13.4. The van der Waals surface area contributed by atoms with Gasteiger partial charge in [-0.25, -0.2) is 9.97 Å². The Hall–Kier alpha value is -5.13. The summed E-state index contributed by atoms with van der Waals surface area (Å²) in [7, 11) is 3.41. The summed E-state index contributed by atoms with van der Waals surface area (Å²) in [5.41, 5.74) is 8.73. The van der Waals surface area contributed by atoms with Crippen molar-refractivity contribution in [3.63, 3.8) is 0 Å². The van der Waals surface area contributed by atoms with Crippen LogP contribution in [-0.4, -0.2) is 45.9 Å². The summed E-state index contributed by atoms with van der Waals surface area (Å²) < 4.78 is 52.3. The number of fused-ring (bicyclic) bond motifs is 1. The number of aryl methyl sites for hydroxylation is 1. The predicted octanol–water partition coefficient (Wildman–Crippen LogP) is 5.56. The number of rotatable bonds is 11. The van der Waals surface area contributed by atoms with Gasteiger partial charge in [0.15, 0.2) is 11.5 Å². The number of primary amides is 1. The summed E-state index contributed by atoms with van der Waals surface area (Å²) in [5.74, 6) is -0.517. The van der Waals surface area contributed by atoms with E-state index in [1.807, 2.05) is 19.3 Å². The normalized spacial score (nSPS) is 12.2. The summed E-state index contributed by atoms with van der Waals surface area (Å²) in [6.45, 7) is 1.16.